The maximum Gasteiger partial charge on any atom is 0.322 e. The molecule has 0 bridgehead atoms. The molecule has 0 saturated heterocycles. The molecular weight excluding hydrogens is 216 g/mol. The van der Waals surface area contributed by atoms with E-state index < -0.39 is 10.9 Å². The van der Waals surface area contributed by atoms with Crippen LogP contribution in [0.4, 0.5) is 8.78 Å². The number of benzene rings is 1. The van der Waals surface area contributed by atoms with E-state index >= 15 is 0 Å². The maximum absolute atomic E-state index is 13.1. The molecule has 70 valence electrons. The lowest BCUT2D eigenvalue weighted by Gasteiger charge is -2.14. The van der Waals surface area contributed by atoms with Gasteiger partial charge in [-0.2, -0.15) is 8.78 Å². The van der Waals surface area contributed by atoms with Crippen LogP contribution in [-0.2, 0) is 5.92 Å². The van der Waals surface area contributed by atoms with Crippen molar-refractivity contribution in [3.63, 3.8) is 0 Å². The third-order valence-corrected chi connectivity index (χ3v) is 2.02. The van der Waals surface area contributed by atoms with Crippen molar-refractivity contribution in [2.45, 2.75) is 5.92 Å². The van der Waals surface area contributed by atoms with Crippen molar-refractivity contribution >= 4 is 28.8 Å². The number of alkyl halides is 2. The maximum atomic E-state index is 13.1. The fraction of sp³-hybridized carbons (Fsp3) is 0.125. The third kappa shape index (κ3) is 2.14. The Labute approximate surface area is 84.5 Å². The molecule has 1 nitrogen and oxygen atoms in total. The second kappa shape index (κ2) is 3.55. The minimum absolute atomic E-state index is 0.246. The number of rotatable bonds is 2. The predicted octanol–water partition coefficient (Wildman–Crippen LogP) is 2.72. The molecule has 0 aliphatic carbocycles. The Morgan fingerprint density at radius 3 is 2.15 bits per heavy atom. The molecule has 0 aliphatic rings. The summed E-state index contributed by atoms with van der Waals surface area (Å²) < 4.78 is 26.2. The Bertz CT molecular complexity index is 323. The highest BCUT2D eigenvalue weighted by molar-refractivity contribution is 7.80. The summed E-state index contributed by atoms with van der Waals surface area (Å²) in [5.74, 6) is -3.26. The monoisotopic (exact) mass is 221 g/mol. The van der Waals surface area contributed by atoms with Crippen LogP contribution in [0.2, 0.25) is 5.02 Å². The van der Waals surface area contributed by atoms with Crippen molar-refractivity contribution in [1.29, 1.82) is 0 Å². The summed E-state index contributed by atoms with van der Waals surface area (Å²) in [5, 5.41) is 0.391. The Kier molecular flexibility index (Phi) is 2.83. The summed E-state index contributed by atoms with van der Waals surface area (Å²) >= 11 is 9.77. The lowest BCUT2D eigenvalue weighted by molar-refractivity contribution is 0.0776. The summed E-state index contributed by atoms with van der Waals surface area (Å²) in [6.45, 7) is 0. The molecule has 0 spiro atoms. The van der Waals surface area contributed by atoms with Crippen LogP contribution < -0.4 is 5.73 Å². The Hall–Kier alpha value is -0.740. The zero-order valence-corrected chi connectivity index (χ0v) is 8.00. The first-order chi connectivity index (χ1) is 5.94. The summed E-state index contributed by atoms with van der Waals surface area (Å²) in [7, 11) is 0. The van der Waals surface area contributed by atoms with Crippen LogP contribution in [0, 0.1) is 0 Å². The number of hydrogen-bond acceptors (Lipinski definition) is 1. The first-order valence-electron chi connectivity index (χ1n) is 3.38. The Balaban J connectivity index is 3.08. The molecule has 0 fully saturated rings. The van der Waals surface area contributed by atoms with Crippen molar-refractivity contribution in [3.8, 4) is 0 Å². The minimum atomic E-state index is -3.26. The molecule has 0 amide bonds. The lowest BCUT2D eigenvalue weighted by atomic mass is 10.1. The number of thiocarbonyl (C=S) groups is 1. The van der Waals surface area contributed by atoms with Crippen molar-refractivity contribution < 1.29 is 8.78 Å². The number of hydrogen-bond donors (Lipinski definition) is 1. The normalized spacial score (nSPS) is 11.3. The Morgan fingerprint density at radius 2 is 1.77 bits per heavy atom. The number of halogens is 3. The van der Waals surface area contributed by atoms with Gasteiger partial charge in [0.1, 0.15) is 4.99 Å². The summed E-state index contributed by atoms with van der Waals surface area (Å²) in [4.78, 5) is -0.838. The molecular formula is C8H6ClF2NS. The molecule has 0 unspecified atom stereocenters. The van der Waals surface area contributed by atoms with Crippen LogP contribution in [0.15, 0.2) is 24.3 Å². The SMILES string of the molecule is NC(=S)C(F)(F)c1ccc(Cl)cc1. The largest absolute Gasteiger partial charge is 0.388 e. The quantitative estimate of drug-likeness (QED) is 0.778. The van der Waals surface area contributed by atoms with E-state index in [2.05, 4.69) is 12.2 Å². The average Bonchev–Trinajstić information content (AvgIpc) is 2.04. The van der Waals surface area contributed by atoms with Gasteiger partial charge in [0.15, 0.2) is 0 Å². The van der Waals surface area contributed by atoms with Gasteiger partial charge in [-0.1, -0.05) is 36.0 Å². The predicted molar refractivity (Wildman–Crippen MR) is 52.1 cm³/mol. The molecule has 13 heavy (non-hydrogen) atoms. The van der Waals surface area contributed by atoms with Crippen molar-refractivity contribution in [1.82, 2.24) is 0 Å². The van der Waals surface area contributed by atoms with Gasteiger partial charge < -0.3 is 5.73 Å². The highest BCUT2D eigenvalue weighted by Gasteiger charge is 2.34. The van der Waals surface area contributed by atoms with Crippen molar-refractivity contribution in [3.05, 3.63) is 34.9 Å². The van der Waals surface area contributed by atoms with Crippen LogP contribution in [0.25, 0.3) is 0 Å². The highest BCUT2D eigenvalue weighted by atomic mass is 35.5. The fourth-order valence-electron chi connectivity index (χ4n) is 0.801. The molecule has 0 aliphatic heterocycles. The van der Waals surface area contributed by atoms with Crippen molar-refractivity contribution in [2.24, 2.45) is 5.73 Å². The lowest BCUT2D eigenvalue weighted by Crippen LogP contribution is -2.31. The smallest absolute Gasteiger partial charge is 0.322 e. The summed E-state index contributed by atoms with van der Waals surface area (Å²) in [6, 6.07) is 5.12. The van der Waals surface area contributed by atoms with Crippen LogP contribution in [-0.4, -0.2) is 4.99 Å². The molecule has 1 rings (SSSR count). The van der Waals surface area contributed by atoms with Crippen molar-refractivity contribution in [2.75, 3.05) is 0 Å². The van der Waals surface area contributed by atoms with Gasteiger partial charge in [0.2, 0.25) is 0 Å². The van der Waals surface area contributed by atoms with E-state index in [1.54, 1.807) is 0 Å². The van der Waals surface area contributed by atoms with Crippen LogP contribution in [0.1, 0.15) is 5.56 Å². The van der Waals surface area contributed by atoms with Gasteiger partial charge in [-0.05, 0) is 12.1 Å². The second-order valence-corrected chi connectivity index (χ2v) is 3.32. The molecule has 1 aromatic rings. The van der Waals surface area contributed by atoms with Gasteiger partial charge in [0.05, 0.1) is 0 Å². The van der Waals surface area contributed by atoms with E-state index in [0.717, 1.165) is 0 Å². The minimum Gasteiger partial charge on any atom is -0.388 e. The van der Waals surface area contributed by atoms with E-state index in [4.69, 9.17) is 17.3 Å². The van der Waals surface area contributed by atoms with Gasteiger partial charge in [-0.3, -0.25) is 0 Å². The molecule has 0 aromatic heterocycles. The van der Waals surface area contributed by atoms with E-state index in [1.807, 2.05) is 0 Å². The first kappa shape index (κ1) is 10.3. The molecule has 0 atom stereocenters. The van der Waals surface area contributed by atoms with Gasteiger partial charge in [-0.25, -0.2) is 0 Å². The van der Waals surface area contributed by atoms with Crippen LogP contribution >= 0.6 is 23.8 Å². The first-order valence-corrected chi connectivity index (χ1v) is 4.17. The van der Waals surface area contributed by atoms with Gasteiger partial charge in [0, 0.05) is 10.6 Å². The van der Waals surface area contributed by atoms with Gasteiger partial charge in [0.25, 0.3) is 0 Å². The van der Waals surface area contributed by atoms with Gasteiger partial charge in [-0.15, -0.1) is 0 Å². The summed E-state index contributed by atoms with van der Waals surface area (Å²) in [6.07, 6.45) is 0. The molecule has 0 heterocycles. The zero-order chi connectivity index (χ0) is 10.1. The van der Waals surface area contributed by atoms with E-state index in [1.165, 1.54) is 24.3 Å². The van der Waals surface area contributed by atoms with E-state index in [0.29, 0.717) is 5.02 Å². The standard InChI is InChI=1S/C8H6ClF2NS/c9-6-3-1-5(2-4-6)8(10,11)7(12)13/h1-4H,(H2,12,13). The van der Waals surface area contributed by atoms with Crippen LogP contribution in [0.3, 0.4) is 0 Å². The highest BCUT2D eigenvalue weighted by Crippen LogP contribution is 2.28. The number of nitrogens with two attached hydrogens (primary N) is 1. The molecule has 5 heteroatoms. The summed E-state index contributed by atoms with van der Waals surface area (Å²) in [5.41, 5.74) is 4.64. The van der Waals surface area contributed by atoms with E-state index in [9.17, 15) is 8.78 Å². The van der Waals surface area contributed by atoms with Crippen LogP contribution in [0.5, 0.6) is 0 Å². The molecule has 2 N–H and O–H groups in total. The topological polar surface area (TPSA) is 26.0 Å². The zero-order valence-electron chi connectivity index (χ0n) is 6.43. The van der Waals surface area contributed by atoms with E-state index in [-0.39, 0.29) is 5.56 Å². The fourth-order valence-corrected chi connectivity index (χ4v) is 1.05. The Morgan fingerprint density at radius 1 is 1.31 bits per heavy atom. The molecule has 0 saturated carbocycles. The molecule has 1 aromatic carbocycles. The van der Waals surface area contributed by atoms with Gasteiger partial charge >= 0.3 is 5.92 Å². The third-order valence-electron chi connectivity index (χ3n) is 1.52. The second-order valence-electron chi connectivity index (χ2n) is 2.45. The molecule has 0 radical (unpaired) electrons. The average molecular weight is 222 g/mol.